The zero-order chi connectivity index (χ0) is 19.1. The topological polar surface area (TPSA) is 56.8 Å². The summed E-state index contributed by atoms with van der Waals surface area (Å²) in [6.45, 7) is 2.49. The third-order valence-corrected chi connectivity index (χ3v) is 4.13. The van der Waals surface area contributed by atoms with Gasteiger partial charge in [0.1, 0.15) is 23.9 Å². The van der Waals surface area contributed by atoms with Crippen molar-refractivity contribution >= 4 is 16.7 Å². The highest BCUT2D eigenvalue weighted by molar-refractivity contribution is 5.89. The van der Waals surface area contributed by atoms with E-state index in [-0.39, 0.29) is 5.91 Å². The Balaban J connectivity index is 1.49. The molecule has 140 valence electrons. The fraction of sp³-hybridized carbons (Fsp3) is 0.227. The normalized spacial score (nSPS) is 11.6. The minimum atomic E-state index is -0.604. The highest BCUT2D eigenvalue weighted by atomic mass is 16.5. The van der Waals surface area contributed by atoms with Crippen LogP contribution in [0.25, 0.3) is 10.8 Å². The van der Waals surface area contributed by atoms with Gasteiger partial charge in [-0.2, -0.15) is 0 Å². The summed E-state index contributed by atoms with van der Waals surface area (Å²) in [5.74, 6) is 1.94. The number of nitrogens with one attached hydrogen (secondary N) is 1. The van der Waals surface area contributed by atoms with Crippen LogP contribution in [0.2, 0.25) is 0 Å². The highest BCUT2D eigenvalue weighted by Crippen LogP contribution is 2.26. The minimum Gasteiger partial charge on any atom is -0.497 e. The number of fused-ring (bicyclic) bond motifs is 1. The van der Waals surface area contributed by atoms with Gasteiger partial charge in [0.15, 0.2) is 6.10 Å². The van der Waals surface area contributed by atoms with E-state index in [1.54, 1.807) is 20.1 Å². The van der Waals surface area contributed by atoms with Gasteiger partial charge in [0.2, 0.25) is 0 Å². The number of hydrogen-bond acceptors (Lipinski definition) is 4. The molecule has 1 atom stereocenters. The number of carbonyl (C=O) groups is 1. The van der Waals surface area contributed by atoms with Gasteiger partial charge in [-0.05, 0) is 30.5 Å². The predicted octanol–water partition coefficient (Wildman–Crippen LogP) is 3.81. The molecule has 0 saturated carbocycles. The lowest BCUT2D eigenvalue weighted by Crippen LogP contribution is -2.38. The molecule has 1 amide bonds. The molecule has 5 nitrogen and oxygen atoms in total. The lowest BCUT2D eigenvalue weighted by Gasteiger charge is -2.16. The number of rotatable bonds is 8. The zero-order valence-electron chi connectivity index (χ0n) is 15.5. The third-order valence-electron chi connectivity index (χ3n) is 4.13. The smallest absolute Gasteiger partial charge is 0.260 e. The Kier molecular flexibility index (Phi) is 6.15. The van der Waals surface area contributed by atoms with Crippen molar-refractivity contribution in [1.29, 1.82) is 0 Å². The van der Waals surface area contributed by atoms with E-state index >= 15 is 0 Å². The monoisotopic (exact) mass is 365 g/mol. The van der Waals surface area contributed by atoms with Gasteiger partial charge in [-0.1, -0.05) is 42.5 Å². The second-order valence-corrected chi connectivity index (χ2v) is 6.06. The molecule has 0 saturated heterocycles. The first-order chi connectivity index (χ1) is 13.2. The van der Waals surface area contributed by atoms with E-state index in [9.17, 15) is 4.79 Å². The first kappa shape index (κ1) is 18.6. The van der Waals surface area contributed by atoms with Crippen LogP contribution in [0.5, 0.6) is 17.2 Å². The molecular weight excluding hydrogens is 342 g/mol. The SMILES string of the molecule is COc1cccc(OCCNC(=O)C(C)Oc2cccc3ccccc23)c1. The Hall–Kier alpha value is -3.21. The van der Waals surface area contributed by atoms with Crippen LogP contribution >= 0.6 is 0 Å². The van der Waals surface area contributed by atoms with Crippen LogP contribution in [0, 0.1) is 0 Å². The maximum Gasteiger partial charge on any atom is 0.260 e. The second kappa shape index (κ2) is 8.94. The predicted molar refractivity (Wildman–Crippen MR) is 106 cm³/mol. The van der Waals surface area contributed by atoms with Crippen molar-refractivity contribution < 1.29 is 19.0 Å². The van der Waals surface area contributed by atoms with Crippen LogP contribution in [0.1, 0.15) is 6.92 Å². The fourth-order valence-electron chi connectivity index (χ4n) is 2.72. The van der Waals surface area contributed by atoms with Gasteiger partial charge < -0.3 is 19.5 Å². The lowest BCUT2D eigenvalue weighted by atomic mass is 10.1. The summed E-state index contributed by atoms with van der Waals surface area (Å²) in [7, 11) is 1.61. The number of carbonyl (C=O) groups excluding carboxylic acids is 1. The van der Waals surface area contributed by atoms with E-state index in [0.29, 0.717) is 24.7 Å². The molecule has 0 aliphatic carbocycles. The van der Waals surface area contributed by atoms with Crippen LogP contribution in [-0.4, -0.2) is 32.3 Å². The summed E-state index contributed by atoms with van der Waals surface area (Å²) in [4.78, 5) is 12.3. The molecule has 0 spiro atoms. The molecule has 27 heavy (non-hydrogen) atoms. The van der Waals surface area contributed by atoms with Crippen LogP contribution in [0.15, 0.2) is 66.7 Å². The summed E-state index contributed by atoms with van der Waals surface area (Å²) in [5.41, 5.74) is 0. The van der Waals surface area contributed by atoms with Crippen molar-refractivity contribution in [3.05, 3.63) is 66.7 Å². The largest absolute Gasteiger partial charge is 0.497 e. The Morgan fingerprint density at radius 2 is 1.74 bits per heavy atom. The molecule has 0 aliphatic rings. The second-order valence-electron chi connectivity index (χ2n) is 6.06. The zero-order valence-corrected chi connectivity index (χ0v) is 15.5. The molecule has 0 bridgehead atoms. The number of benzene rings is 3. The molecule has 0 heterocycles. The summed E-state index contributed by atoms with van der Waals surface area (Å²) < 4.78 is 16.6. The van der Waals surface area contributed by atoms with Crippen molar-refractivity contribution in [2.45, 2.75) is 13.0 Å². The molecule has 3 aromatic carbocycles. The molecule has 5 heteroatoms. The number of ether oxygens (including phenoxy) is 3. The van der Waals surface area contributed by atoms with Crippen molar-refractivity contribution in [1.82, 2.24) is 5.32 Å². The summed E-state index contributed by atoms with van der Waals surface area (Å²) in [6, 6.07) is 21.1. The van der Waals surface area contributed by atoms with E-state index in [4.69, 9.17) is 14.2 Å². The first-order valence-corrected chi connectivity index (χ1v) is 8.86. The van der Waals surface area contributed by atoms with Crippen molar-refractivity contribution in [2.24, 2.45) is 0 Å². The van der Waals surface area contributed by atoms with Crippen LogP contribution in [-0.2, 0) is 4.79 Å². The molecule has 1 N–H and O–H groups in total. The third kappa shape index (κ3) is 4.91. The van der Waals surface area contributed by atoms with E-state index in [1.807, 2.05) is 60.7 Å². The molecule has 1 unspecified atom stereocenters. The number of amides is 1. The fourth-order valence-corrected chi connectivity index (χ4v) is 2.72. The van der Waals surface area contributed by atoms with Gasteiger partial charge in [-0.15, -0.1) is 0 Å². The van der Waals surface area contributed by atoms with E-state index in [2.05, 4.69) is 5.32 Å². The van der Waals surface area contributed by atoms with Crippen LogP contribution in [0.3, 0.4) is 0 Å². The Morgan fingerprint density at radius 1 is 1.00 bits per heavy atom. The van der Waals surface area contributed by atoms with Gasteiger partial charge in [0.05, 0.1) is 13.7 Å². The standard InChI is InChI=1S/C22H23NO4/c1-16(27-21-12-5-8-17-7-3-4-11-20(17)21)22(24)23-13-14-26-19-10-6-9-18(15-19)25-2/h3-12,15-16H,13-14H2,1-2H3,(H,23,24). The molecule has 3 aromatic rings. The first-order valence-electron chi connectivity index (χ1n) is 8.86. The highest BCUT2D eigenvalue weighted by Gasteiger charge is 2.15. The molecule has 0 radical (unpaired) electrons. The number of hydrogen-bond donors (Lipinski definition) is 1. The summed E-state index contributed by atoms with van der Waals surface area (Å²) in [5, 5.41) is 4.89. The van der Waals surface area contributed by atoms with Gasteiger partial charge >= 0.3 is 0 Å². The maximum atomic E-state index is 12.3. The van der Waals surface area contributed by atoms with Gasteiger partial charge in [-0.25, -0.2) is 0 Å². The summed E-state index contributed by atoms with van der Waals surface area (Å²) in [6.07, 6.45) is -0.604. The molecule has 0 aliphatic heterocycles. The average molecular weight is 365 g/mol. The van der Waals surface area contributed by atoms with Crippen molar-refractivity contribution in [3.63, 3.8) is 0 Å². The molecule has 0 fully saturated rings. The lowest BCUT2D eigenvalue weighted by molar-refractivity contribution is -0.127. The number of methoxy groups -OCH3 is 1. The van der Waals surface area contributed by atoms with Gasteiger partial charge in [0, 0.05) is 11.5 Å². The van der Waals surface area contributed by atoms with Crippen molar-refractivity contribution in [2.75, 3.05) is 20.3 Å². The van der Waals surface area contributed by atoms with E-state index in [1.165, 1.54) is 0 Å². The Labute approximate surface area is 158 Å². The van der Waals surface area contributed by atoms with E-state index < -0.39 is 6.10 Å². The quantitative estimate of drug-likeness (QED) is 0.617. The maximum absolute atomic E-state index is 12.3. The van der Waals surface area contributed by atoms with E-state index in [0.717, 1.165) is 16.5 Å². The minimum absolute atomic E-state index is 0.183. The molecule has 3 rings (SSSR count). The van der Waals surface area contributed by atoms with Crippen molar-refractivity contribution in [3.8, 4) is 17.2 Å². The Bertz CT molecular complexity index is 904. The van der Waals surface area contributed by atoms with Gasteiger partial charge in [0.25, 0.3) is 5.91 Å². The van der Waals surface area contributed by atoms with Crippen LogP contribution < -0.4 is 19.5 Å². The average Bonchev–Trinajstić information content (AvgIpc) is 2.71. The molecule has 0 aromatic heterocycles. The summed E-state index contributed by atoms with van der Waals surface area (Å²) >= 11 is 0. The van der Waals surface area contributed by atoms with Crippen LogP contribution in [0.4, 0.5) is 0 Å². The molecular formula is C22H23NO4. The van der Waals surface area contributed by atoms with Gasteiger partial charge in [-0.3, -0.25) is 4.79 Å². The Morgan fingerprint density at radius 3 is 2.59 bits per heavy atom.